The molecule has 0 saturated carbocycles. The van der Waals surface area contributed by atoms with E-state index in [2.05, 4.69) is 31.9 Å². The van der Waals surface area contributed by atoms with Gasteiger partial charge in [-0.05, 0) is 50.9 Å². The van der Waals surface area contributed by atoms with Crippen molar-refractivity contribution in [2.75, 3.05) is 0 Å². The fourth-order valence-electron chi connectivity index (χ4n) is 1.02. The van der Waals surface area contributed by atoms with Crippen molar-refractivity contribution in [3.8, 4) is 5.75 Å². The van der Waals surface area contributed by atoms with E-state index in [-0.39, 0.29) is 11.3 Å². The average molecular weight is 368 g/mol. The second-order valence-electron chi connectivity index (χ2n) is 3.17. The van der Waals surface area contributed by atoms with Gasteiger partial charge >= 0.3 is 11.9 Å². The molecule has 1 unspecified atom stereocenters. The van der Waals surface area contributed by atoms with E-state index in [0.717, 1.165) is 0 Å². The summed E-state index contributed by atoms with van der Waals surface area (Å²) in [5.74, 6) is -1.93. The molecule has 5 nitrogen and oxygen atoms in total. The van der Waals surface area contributed by atoms with Gasteiger partial charge in [-0.15, -0.1) is 0 Å². The topological polar surface area (TPSA) is 83.8 Å². The largest absolute Gasteiger partial charge is 0.479 e. The standard InChI is InChI=1S/C10H8Br2O5/c1-4(9(13)14)17-8-6(11)2-5(10(15)16)3-7(8)12/h2-4H,1H3,(H,13,14)(H,15,16). The third-order valence-electron chi connectivity index (χ3n) is 1.89. The van der Waals surface area contributed by atoms with Crippen molar-refractivity contribution in [3.63, 3.8) is 0 Å². The summed E-state index contributed by atoms with van der Waals surface area (Å²) in [7, 11) is 0. The van der Waals surface area contributed by atoms with Crippen molar-refractivity contribution < 1.29 is 24.5 Å². The Balaban J connectivity index is 3.10. The quantitative estimate of drug-likeness (QED) is 0.854. The fraction of sp³-hybridized carbons (Fsp3) is 0.200. The Hall–Kier alpha value is -1.08. The van der Waals surface area contributed by atoms with Crippen LogP contribution in [0.2, 0.25) is 0 Å². The Labute approximate surface area is 114 Å². The van der Waals surface area contributed by atoms with Gasteiger partial charge in [-0.2, -0.15) is 0 Å². The van der Waals surface area contributed by atoms with Crippen LogP contribution >= 0.6 is 31.9 Å². The minimum atomic E-state index is -1.11. The first kappa shape index (κ1) is 14.0. The van der Waals surface area contributed by atoms with E-state index >= 15 is 0 Å². The van der Waals surface area contributed by atoms with Crippen molar-refractivity contribution in [2.24, 2.45) is 0 Å². The number of benzene rings is 1. The number of hydrogen-bond acceptors (Lipinski definition) is 3. The first-order valence-corrected chi connectivity index (χ1v) is 6.03. The molecular formula is C10H8Br2O5. The van der Waals surface area contributed by atoms with Crippen LogP contribution in [0.1, 0.15) is 17.3 Å². The van der Waals surface area contributed by atoms with Crippen LogP contribution in [0.3, 0.4) is 0 Å². The van der Waals surface area contributed by atoms with Crippen LogP contribution in [0, 0.1) is 0 Å². The van der Waals surface area contributed by atoms with Crippen LogP contribution < -0.4 is 4.74 Å². The molecule has 0 radical (unpaired) electrons. The van der Waals surface area contributed by atoms with Crippen LogP contribution in [-0.2, 0) is 4.79 Å². The first-order valence-electron chi connectivity index (χ1n) is 4.44. The van der Waals surface area contributed by atoms with Gasteiger partial charge in [-0.3, -0.25) is 0 Å². The monoisotopic (exact) mass is 366 g/mol. The Bertz CT molecular complexity index is 449. The number of carboxylic acid groups (broad SMARTS) is 2. The number of rotatable bonds is 4. The maximum atomic E-state index is 10.8. The number of carbonyl (C=O) groups is 2. The van der Waals surface area contributed by atoms with Gasteiger partial charge in [0.05, 0.1) is 14.5 Å². The Morgan fingerprint density at radius 3 is 2.06 bits per heavy atom. The number of carboxylic acids is 2. The summed E-state index contributed by atoms with van der Waals surface area (Å²) in [6.07, 6.45) is -1.03. The molecule has 0 saturated heterocycles. The maximum Gasteiger partial charge on any atom is 0.344 e. The van der Waals surface area contributed by atoms with Gasteiger partial charge in [0.25, 0.3) is 0 Å². The van der Waals surface area contributed by atoms with Crippen LogP contribution in [0.25, 0.3) is 0 Å². The number of hydrogen-bond donors (Lipinski definition) is 2. The van der Waals surface area contributed by atoms with Crippen LogP contribution in [0.5, 0.6) is 5.75 Å². The maximum absolute atomic E-state index is 10.8. The molecule has 0 aliphatic heterocycles. The van der Waals surface area contributed by atoms with E-state index in [9.17, 15) is 9.59 Å². The zero-order valence-corrected chi connectivity index (χ0v) is 11.8. The predicted octanol–water partition coefficient (Wildman–Crippen LogP) is 2.76. The first-order chi connectivity index (χ1) is 7.82. The molecule has 0 heterocycles. The summed E-state index contributed by atoms with van der Waals surface area (Å²) in [4.78, 5) is 21.4. The summed E-state index contributed by atoms with van der Waals surface area (Å²) in [6.45, 7) is 1.38. The van der Waals surface area contributed by atoms with Crippen LogP contribution in [-0.4, -0.2) is 28.3 Å². The Kier molecular flexibility index (Phi) is 4.53. The molecule has 0 amide bonds. The molecular weight excluding hydrogens is 360 g/mol. The average Bonchev–Trinajstić information content (AvgIpc) is 2.22. The molecule has 92 valence electrons. The Morgan fingerprint density at radius 2 is 1.71 bits per heavy atom. The van der Waals surface area contributed by atoms with Crippen molar-refractivity contribution in [1.82, 2.24) is 0 Å². The lowest BCUT2D eigenvalue weighted by Crippen LogP contribution is -2.23. The molecule has 0 aliphatic rings. The normalized spacial score (nSPS) is 11.9. The molecule has 0 aromatic heterocycles. The lowest BCUT2D eigenvalue weighted by Gasteiger charge is -2.14. The van der Waals surface area contributed by atoms with Crippen molar-refractivity contribution >= 4 is 43.8 Å². The van der Waals surface area contributed by atoms with Gasteiger partial charge in [0.15, 0.2) is 6.10 Å². The smallest absolute Gasteiger partial charge is 0.344 e. The molecule has 1 rings (SSSR count). The minimum Gasteiger partial charge on any atom is -0.479 e. The molecule has 0 fully saturated rings. The highest BCUT2D eigenvalue weighted by Crippen LogP contribution is 2.35. The van der Waals surface area contributed by atoms with E-state index in [1.54, 1.807) is 0 Å². The highest BCUT2D eigenvalue weighted by Gasteiger charge is 2.18. The summed E-state index contributed by atoms with van der Waals surface area (Å²) < 4.78 is 5.93. The minimum absolute atomic E-state index is 0.0686. The number of aliphatic carboxylic acids is 1. The lowest BCUT2D eigenvalue weighted by molar-refractivity contribution is -0.144. The third kappa shape index (κ3) is 3.44. The molecule has 0 spiro atoms. The molecule has 0 bridgehead atoms. The van der Waals surface area contributed by atoms with E-state index in [4.69, 9.17) is 14.9 Å². The predicted molar refractivity (Wildman–Crippen MR) is 66.5 cm³/mol. The van der Waals surface area contributed by atoms with Crippen molar-refractivity contribution in [2.45, 2.75) is 13.0 Å². The highest BCUT2D eigenvalue weighted by molar-refractivity contribution is 9.11. The van der Waals surface area contributed by atoms with E-state index in [1.807, 2.05) is 0 Å². The van der Waals surface area contributed by atoms with E-state index in [1.165, 1.54) is 19.1 Å². The molecule has 1 aromatic carbocycles. The lowest BCUT2D eigenvalue weighted by atomic mass is 10.2. The van der Waals surface area contributed by atoms with Crippen molar-refractivity contribution in [3.05, 3.63) is 26.6 Å². The van der Waals surface area contributed by atoms with Crippen LogP contribution in [0.15, 0.2) is 21.1 Å². The number of halogens is 2. The van der Waals surface area contributed by atoms with Crippen LogP contribution in [0.4, 0.5) is 0 Å². The zero-order chi connectivity index (χ0) is 13.2. The number of ether oxygens (including phenoxy) is 1. The third-order valence-corrected chi connectivity index (χ3v) is 3.07. The van der Waals surface area contributed by atoms with E-state index < -0.39 is 18.0 Å². The van der Waals surface area contributed by atoms with Gasteiger partial charge in [-0.1, -0.05) is 0 Å². The fourth-order valence-corrected chi connectivity index (χ4v) is 2.40. The molecule has 0 aliphatic carbocycles. The molecule has 7 heteroatoms. The second kappa shape index (κ2) is 5.50. The second-order valence-corrected chi connectivity index (χ2v) is 4.88. The van der Waals surface area contributed by atoms with Gasteiger partial charge in [0, 0.05) is 0 Å². The van der Waals surface area contributed by atoms with Gasteiger partial charge in [0.2, 0.25) is 0 Å². The summed E-state index contributed by atoms with van der Waals surface area (Å²) in [6, 6.07) is 2.69. The summed E-state index contributed by atoms with van der Waals surface area (Å²) in [5.41, 5.74) is 0.0686. The Morgan fingerprint density at radius 1 is 1.24 bits per heavy atom. The molecule has 2 N–H and O–H groups in total. The van der Waals surface area contributed by atoms with Gasteiger partial charge < -0.3 is 14.9 Å². The highest BCUT2D eigenvalue weighted by atomic mass is 79.9. The summed E-state index contributed by atoms with van der Waals surface area (Å²) in [5, 5.41) is 17.5. The number of aromatic carboxylic acids is 1. The molecule has 1 aromatic rings. The summed E-state index contributed by atoms with van der Waals surface area (Å²) >= 11 is 6.27. The van der Waals surface area contributed by atoms with E-state index in [0.29, 0.717) is 8.95 Å². The molecule has 17 heavy (non-hydrogen) atoms. The zero-order valence-electron chi connectivity index (χ0n) is 8.61. The van der Waals surface area contributed by atoms with Gasteiger partial charge in [0.1, 0.15) is 5.75 Å². The molecule has 1 atom stereocenters. The SMILES string of the molecule is CC(Oc1c(Br)cc(C(=O)O)cc1Br)C(=O)O. The van der Waals surface area contributed by atoms with Gasteiger partial charge in [-0.25, -0.2) is 9.59 Å². The van der Waals surface area contributed by atoms with Crippen molar-refractivity contribution in [1.29, 1.82) is 0 Å².